The summed E-state index contributed by atoms with van der Waals surface area (Å²) in [7, 11) is 0. The third-order valence-electron chi connectivity index (χ3n) is 2.92. The molecule has 0 saturated carbocycles. The van der Waals surface area contributed by atoms with Gasteiger partial charge in [-0.2, -0.15) is 0 Å². The summed E-state index contributed by atoms with van der Waals surface area (Å²) in [4.78, 5) is 4.71. The average Bonchev–Trinajstić information content (AvgIpc) is 2.73. The van der Waals surface area contributed by atoms with Crippen LogP contribution < -0.4 is 0 Å². The van der Waals surface area contributed by atoms with Gasteiger partial charge >= 0.3 is 0 Å². The fraction of sp³-hybridized carbons (Fsp3) is 0.214. The minimum atomic E-state index is 0.340. The maximum atomic E-state index is 4.71. The Bertz CT molecular complexity index is 595. The molecule has 1 aliphatic rings. The van der Waals surface area contributed by atoms with Crippen molar-refractivity contribution in [2.75, 3.05) is 5.75 Å². The third kappa shape index (κ3) is 1.91. The maximum absolute atomic E-state index is 4.71. The lowest BCUT2D eigenvalue weighted by Gasteiger charge is -2.12. The molecule has 1 aromatic carbocycles. The summed E-state index contributed by atoms with van der Waals surface area (Å²) in [6, 6.07) is 8.67. The van der Waals surface area contributed by atoms with Crippen LogP contribution in [0.1, 0.15) is 13.0 Å². The summed E-state index contributed by atoms with van der Waals surface area (Å²) in [5, 5.41) is 1.11. The van der Waals surface area contributed by atoms with Crippen molar-refractivity contribution >= 4 is 22.8 Å². The molecule has 0 bridgehead atoms. The average molecular weight is 242 g/mol. The Morgan fingerprint density at radius 2 is 2.18 bits per heavy atom. The van der Waals surface area contributed by atoms with Crippen LogP contribution >= 0.6 is 11.8 Å². The summed E-state index contributed by atoms with van der Waals surface area (Å²) in [5.74, 6) is 0.973. The Morgan fingerprint density at radius 3 is 3.12 bits per heavy atom. The molecule has 2 heterocycles. The largest absolute Gasteiger partial charge is 0.312 e. The number of para-hydroxylation sites is 2. The van der Waals surface area contributed by atoms with Crippen LogP contribution in [0.2, 0.25) is 0 Å². The van der Waals surface area contributed by atoms with E-state index in [2.05, 4.69) is 54.0 Å². The van der Waals surface area contributed by atoms with Gasteiger partial charge in [-0.15, -0.1) is 0 Å². The van der Waals surface area contributed by atoms with E-state index in [1.165, 1.54) is 5.52 Å². The van der Waals surface area contributed by atoms with Crippen molar-refractivity contribution in [1.29, 1.82) is 0 Å². The van der Waals surface area contributed by atoms with E-state index in [-0.39, 0.29) is 0 Å². The molecule has 2 nitrogen and oxygen atoms in total. The molecule has 1 aromatic heterocycles. The van der Waals surface area contributed by atoms with Crippen molar-refractivity contribution in [3.8, 4) is 0 Å². The molecule has 0 spiro atoms. The molecule has 3 heteroatoms. The predicted molar refractivity (Wildman–Crippen MR) is 73.4 cm³/mol. The first-order valence-corrected chi connectivity index (χ1v) is 6.78. The highest BCUT2D eigenvalue weighted by atomic mass is 32.2. The molecule has 17 heavy (non-hydrogen) atoms. The molecule has 0 radical (unpaired) electrons. The number of benzene rings is 1. The van der Waals surface area contributed by atoms with Crippen LogP contribution in [0.25, 0.3) is 11.0 Å². The van der Waals surface area contributed by atoms with E-state index in [4.69, 9.17) is 4.98 Å². The summed E-state index contributed by atoms with van der Waals surface area (Å²) in [6.45, 7) is 2.20. The first-order chi connectivity index (χ1) is 8.36. The normalized spacial score (nSPS) is 23.5. The molecule has 86 valence electrons. The Labute approximate surface area is 105 Å². The lowest BCUT2D eigenvalue weighted by Crippen LogP contribution is -2.03. The van der Waals surface area contributed by atoms with Gasteiger partial charge in [0.25, 0.3) is 0 Å². The molecule has 0 amide bonds. The van der Waals surface area contributed by atoms with Crippen molar-refractivity contribution in [2.45, 2.75) is 18.1 Å². The highest BCUT2D eigenvalue weighted by Gasteiger charge is 2.14. The van der Waals surface area contributed by atoms with E-state index < -0.39 is 0 Å². The number of aromatic nitrogens is 2. The number of nitrogens with zero attached hydrogens (tertiary/aromatic N) is 2. The van der Waals surface area contributed by atoms with Crippen LogP contribution in [0.15, 0.2) is 53.7 Å². The zero-order valence-electron chi connectivity index (χ0n) is 9.71. The monoisotopic (exact) mass is 242 g/mol. The van der Waals surface area contributed by atoms with Gasteiger partial charge in [0.1, 0.15) is 0 Å². The smallest absolute Gasteiger partial charge is 0.169 e. The number of thioether (sulfide) groups is 1. The molecule has 2 aromatic rings. The summed E-state index contributed by atoms with van der Waals surface area (Å²) in [6.07, 6.45) is 8.61. The number of hydrogen-bond acceptors (Lipinski definition) is 2. The van der Waals surface area contributed by atoms with E-state index in [1.807, 2.05) is 6.07 Å². The van der Waals surface area contributed by atoms with Gasteiger partial charge in [0.15, 0.2) is 5.16 Å². The van der Waals surface area contributed by atoms with Crippen LogP contribution in [-0.4, -0.2) is 15.3 Å². The zero-order chi connectivity index (χ0) is 11.7. The third-order valence-corrected chi connectivity index (χ3v) is 3.82. The fourth-order valence-corrected chi connectivity index (χ4v) is 3.01. The number of allylic oxidation sites excluding steroid dienone is 3. The van der Waals surface area contributed by atoms with E-state index in [1.54, 1.807) is 11.8 Å². The van der Waals surface area contributed by atoms with E-state index in [0.29, 0.717) is 6.04 Å². The van der Waals surface area contributed by atoms with Crippen LogP contribution in [0, 0.1) is 0 Å². The molecule has 1 atom stereocenters. The van der Waals surface area contributed by atoms with Crippen molar-refractivity contribution < 1.29 is 0 Å². The summed E-state index contributed by atoms with van der Waals surface area (Å²) in [5.41, 5.74) is 2.30. The first-order valence-electron chi connectivity index (χ1n) is 5.79. The van der Waals surface area contributed by atoms with Gasteiger partial charge in [-0.25, -0.2) is 4.98 Å². The molecule has 0 aliphatic carbocycles. The number of hydrogen-bond donors (Lipinski definition) is 0. The van der Waals surface area contributed by atoms with Crippen molar-refractivity contribution in [3.05, 3.63) is 48.6 Å². The SMILES string of the molecule is CC1/C=C\C=C/CSc2nc3ccccc3n21. The second-order valence-electron chi connectivity index (χ2n) is 4.12. The van der Waals surface area contributed by atoms with E-state index >= 15 is 0 Å². The molecule has 1 unspecified atom stereocenters. The summed E-state index contributed by atoms with van der Waals surface area (Å²) < 4.78 is 2.31. The van der Waals surface area contributed by atoms with Gasteiger partial charge in [-0.1, -0.05) is 48.2 Å². The number of rotatable bonds is 0. The van der Waals surface area contributed by atoms with Crippen LogP contribution in [0.5, 0.6) is 0 Å². The highest BCUT2D eigenvalue weighted by molar-refractivity contribution is 7.99. The van der Waals surface area contributed by atoms with Crippen LogP contribution in [0.3, 0.4) is 0 Å². The predicted octanol–water partition coefficient (Wildman–Crippen LogP) is 3.82. The summed E-state index contributed by atoms with van der Waals surface area (Å²) >= 11 is 1.79. The van der Waals surface area contributed by atoms with Crippen LogP contribution in [-0.2, 0) is 0 Å². The zero-order valence-corrected chi connectivity index (χ0v) is 10.5. The van der Waals surface area contributed by atoms with Gasteiger partial charge in [0.2, 0.25) is 0 Å². The highest BCUT2D eigenvalue weighted by Crippen LogP contribution is 2.29. The lowest BCUT2D eigenvalue weighted by molar-refractivity contribution is 0.619. The second-order valence-corrected chi connectivity index (χ2v) is 5.10. The molecular weight excluding hydrogens is 228 g/mol. The second kappa shape index (κ2) is 4.41. The van der Waals surface area contributed by atoms with E-state index in [0.717, 1.165) is 16.4 Å². The molecule has 0 N–H and O–H groups in total. The van der Waals surface area contributed by atoms with E-state index in [9.17, 15) is 0 Å². The van der Waals surface area contributed by atoms with Gasteiger partial charge in [-0.05, 0) is 19.1 Å². The fourth-order valence-electron chi connectivity index (χ4n) is 2.09. The molecule has 3 rings (SSSR count). The van der Waals surface area contributed by atoms with Crippen molar-refractivity contribution in [1.82, 2.24) is 9.55 Å². The first kappa shape index (κ1) is 10.7. The minimum Gasteiger partial charge on any atom is -0.312 e. The van der Waals surface area contributed by atoms with Gasteiger partial charge in [-0.3, -0.25) is 0 Å². The molecular formula is C14H14N2S. The lowest BCUT2D eigenvalue weighted by atomic mass is 10.2. The Kier molecular flexibility index (Phi) is 2.77. The molecule has 0 fully saturated rings. The molecule has 0 saturated heterocycles. The van der Waals surface area contributed by atoms with Crippen molar-refractivity contribution in [2.24, 2.45) is 0 Å². The van der Waals surface area contributed by atoms with Gasteiger partial charge in [0.05, 0.1) is 17.1 Å². The van der Waals surface area contributed by atoms with Crippen molar-refractivity contribution in [3.63, 3.8) is 0 Å². The Balaban J connectivity index is 2.22. The number of fused-ring (bicyclic) bond motifs is 3. The molecule has 1 aliphatic heterocycles. The minimum absolute atomic E-state index is 0.340. The quantitative estimate of drug-likeness (QED) is 0.699. The Morgan fingerprint density at radius 1 is 1.29 bits per heavy atom. The Hall–Kier alpha value is -1.48. The van der Waals surface area contributed by atoms with Gasteiger partial charge < -0.3 is 4.57 Å². The number of imidazole rings is 1. The van der Waals surface area contributed by atoms with Crippen LogP contribution in [0.4, 0.5) is 0 Å². The topological polar surface area (TPSA) is 17.8 Å². The van der Waals surface area contributed by atoms with Gasteiger partial charge in [0, 0.05) is 5.75 Å². The maximum Gasteiger partial charge on any atom is 0.169 e. The standard InChI is InChI=1S/C14H14N2S/c1-11-7-3-2-6-10-17-14-15-12-8-4-5-9-13(12)16(11)14/h2-9,11H,10H2,1H3/b6-2-,7-3-.